The monoisotopic (exact) mass is 481 g/mol. The molecule has 2 amide bonds. The van der Waals surface area contributed by atoms with E-state index >= 15 is 0 Å². The topological polar surface area (TPSA) is 70.4 Å². The first-order valence-corrected chi connectivity index (χ1v) is 13.6. The highest BCUT2D eigenvalue weighted by atomic mass is 32.1. The molecule has 3 aliphatic heterocycles. The van der Waals surface area contributed by atoms with Gasteiger partial charge in [-0.05, 0) is 25.7 Å². The Kier molecular flexibility index (Phi) is 4.40. The fourth-order valence-electron chi connectivity index (χ4n) is 6.54. The van der Waals surface area contributed by atoms with Gasteiger partial charge in [0.05, 0.1) is 11.0 Å². The molecule has 5 fully saturated rings. The number of likely N-dealkylation sites (tertiary alicyclic amines) is 3. The predicted molar refractivity (Wildman–Crippen MR) is 130 cm³/mol. The summed E-state index contributed by atoms with van der Waals surface area (Å²) in [4.78, 5) is 30.1. The molecular weight excluding hydrogens is 446 g/mol. The van der Waals surface area contributed by atoms with Crippen LogP contribution in [0.3, 0.4) is 0 Å². The van der Waals surface area contributed by atoms with Crippen LogP contribution in [-0.2, 0) is 12.0 Å². The molecule has 0 atom stereocenters. The Balaban J connectivity index is 0.844. The number of urea groups is 1. The van der Waals surface area contributed by atoms with E-state index in [4.69, 9.17) is 5.10 Å². The molecule has 0 aromatic carbocycles. The highest BCUT2D eigenvalue weighted by Crippen LogP contribution is 2.54. The maximum Gasteiger partial charge on any atom is 0.320 e. The van der Waals surface area contributed by atoms with Gasteiger partial charge in [-0.1, -0.05) is 20.8 Å². The first kappa shape index (κ1) is 21.3. The molecule has 8 nitrogen and oxygen atoms in total. The smallest absolute Gasteiger partial charge is 0.320 e. The Morgan fingerprint density at radius 3 is 2.32 bits per heavy atom. The minimum Gasteiger partial charge on any atom is -0.323 e. The third-order valence-corrected chi connectivity index (χ3v) is 9.93. The predicted octanol–water partition coefficient (Wildman–Crippen LogP) is 3.48. The molecule has 0 N–H and O–H groups in total. The van der Waals surface area contributed by atoms with Crippen LogP contribution in [0.5, 0.6) is 0 Å². The van der Waals surface area contributed by atoms with Crippen molar-refractivity contribution in [3.63, 3.8) is 0 Å². The summed E-state index contributed by atoms with van der Waals surface area (Å²) in [5.74, 6) is 1.65. The molecule has 2 spiro atoms. The SMILES string of the molecule is CC(C)(C)c1ncc(CN2CC3(C2)CN(C(=O)N2CC4(CC(n5cnc(C6CC6)n5)C4)C2)C3)s1. The molecule has 0 unspecified atom stereocenters. The Labute approximate surface area is 205 Å². The van der Waals surface area contributed by atoms with Gasteiger partial charge in [-0.3, -0.25) is 4.90 Å². The second kappa shape index (κ2) is 7.03. The van der Waals surface area contributed by atoms with Gasteiger partial charge >= 0.3 is 6.03 Å². The highest BCUT2D eigenvalue weighted by Gasteiger charge is 2.58. The van der Waals surface area contributed by atoms with Crippen molar-refractivity contribution in [1.82, 2.24) is 34.4 Å². The van der Waals surface area contributed by atoms with E-state index in [-0.39, 0.29) is 11.4 Å². The van der Waals surface area contributed by atoms with Gasteiger partial charge in [-0.15, -0.1) is 11.3 Å². The van der Waals surface area contributed by atoms with Crippen molar-refractivity contribution >= 4 is 17.4 Å². The van der Waals surface area contributed by atoms with Crippen LogP contribution >= 0.6 is 11.3 Å². The lowest BCUT2D eigenvalue weighted by Crippen LogP contribution is -2.75. The summed E-state index contributed by atoms with van der Waals surface area (Å²) in [6.45, 7) is 13.6. The van der Waals surface area contributed by atoms with Gasteiger partial charge in [-0.2, -0.15) is 5.10 Å². The molecular formula is C25H35N7OS. The lowest BCUT2D eigenvalue weighted by Gasteiger charge is -2.63. The molecule has 5 aliphatic rings. The Morgan fingerprint density at radius 2 is 1.71 bits per heavy atom. The van der Waals surface area contributed by atoms with Crippen LogP contribution in [-0.4, -0.2) is 79.7 Å². The highest BCUT2D eigenvalue weighted by molar-refractivity contribution is 7.11. The van der Waals surface area contributed by atoms with Gasteiger partial charge in [0.25, 0.3) is 0 Å². The number of hydrogen-bond donors (Lipinski definition) is 0. The lowest BCUT2D eigenvalue weighted by molar-refractivity contribution is -0.120. The van der Waals surface area contributed by atoms with Crippen molar-refractivity contribution in [2.45, 2.75) is 70.4 Å². The second-order valence-corrected chi connectivity index (χ2v) is 14.1. The number of thiazole rings is 1. The molecule has 2 aromatic rings. The van der Waals surface area contributed by atoms with E-state index in [0.29, 0.717) is 22.8 Å². The normalized spacial score (nSPS) is 25.7. The van der Waals surface area contributed by atoms with Gasteiger partial charge in [-0.25, -0.2) is 19.4 Å². The van der Waals surface area contributed by atoms with E-state index in [1.807, 2.05) is 23.9 Å². The maximum absolute atomic E-state index is 13.0. The van der Waals surface area contributed by atoms with E-state index in [0.717, 1.165) is 64.5 Å². The largest absolute Gasteiger partial charge is 0.323 e. The van der Waals surface area contributed by atoms with Crippen LogP contribution in [0.25, 0.3) is 0 Å². The number of rotatable bonds is 4. The van der Waals surface area contributed by atoms with Crippen molar-refractivity contribution in [3.8, 4) is 0 Å². The second-order valence-electron chi connectivity index (χ2n) is 12.9. The van der Waals surface area contributed by atoms with Crippen molar-refractivity contribution in [1.29, 1.82) is 0 Å². The molecule has 2 saturated carbocycles. The zero-order valence-electron chi connectivity index (χ0n) is 20.5. The standard InChI is InChI=1S/C25H35N7OS/c1-23(2,3)21-26-8-19(34-21)9-29-10-25(11-29)14-31(15-25)22(33)30-12-24(13-30)6-18(7-24)32-16-27-20(28-32)17-4-5-17/h8,16-18H,4-7,9-15H2,1-3H3. The molecule has 7 rings (SSSR count). The summed E-state index contributed by atoms with van der Waals surface area (Å²) in [6.07, 6.45) is 8.74. The lowest BCUT2D eigenvalue weighted by atomic mass is 9.60. The summed E-state index contributed by atoms with van der Waals surface area (Å²) < 4.78 is 2.08. The molecule has 0 radical (unpaired) electrons. The van der Waals surface area contributed by atoms with Gasteiger partial charge < -0.3 is 9.80 Å². The summed E-state index contributed by atoms with van der Waals surface area (Å²) >= 11 is 1.84. The van der Waals surface area contributed by atoms with Crippen LogP contribution < -0.4 is 0 Å². The van der Waals surface area contributed by atoms with Crippen LogP contribution in [0.4, 0.5) is 4.79 Å². The number of amides is 2. The number of carbonyl (C=O) groups is 1. The Morgan fingerprint density at radius 1 is 1.03 bits per heavy atom. The Hall–Kier alpha value is -2.00. The molecule has 2 aliphatic carbocycles. The van der Waals surface area contributed by atoms with Gasteiger partial charge in [0.15, 0.2) is 5.82 Å². The Bertz CT molecular complexity index is 1100. The molecule has 5 heterocycles. The van der Waals surface area contributed by atoms with Gasteiger partial charge in [0, 0.05) is 79.1 Å². The fourth-order valence-corrected chi connectivity index (χ4v) is 7.55. The minimum atomic E-state index is 0.125. The van der Waals surface area contributed by atoms with E-state index in [9.17, 15) is 4.79 Å². The van der Waals surface area contributed by atoms with Crippen molar-refractivity contribution < 1.29 is 4.79 Å². The van der Waals surface area contributed by atoms with Crippen molar-refractivity contribution in [2.75, 3.05) is 39.3 Å². The summed E-state index contributed by atoms with van der Waals surface area (Å²) in [6, 6.07) is 0.732. The van der Waals surface area contributed by atoms with Crippen LogP contribution in [0.1, 0.15) is 74.1 Å². The molecule has 0 bridgehead atoms. The average molecular weight is 482 g/mol. The average Bonchev–Trinajstić information content (AvgIpc) is 3.19. The third kappa shape index (κ3) is 3.49. The first-order valence-electron chi connectivity index (χ1n) is 12.8. The summed E-state index contributed by atoms with van der Waals surface area (Å²) in [5, 5.41) is 5.92. The van der Waals surface area contributed by atoms with Crippen LogP contribution in [0.15, 0.2) is 12.5 Å². The molecule has 3 saturated heterocycles. The number of carbonyl (C=O) groups excluding carboxylic acids is 1. The van der Waals surface area contributed by atoms with E-state index < -0.39 is 0 Å². The fraction of sp³-hybridized carbons (Fsp3) is 0.760. The van der Waals surface area contributed by atoms with Crippen molar-refractivity contribution in [2.24, 2.45) is 10.8 Å². The molecule has 34 heavy (non-hydrogen) atoms. The zero-order valence-corrected chi connectivity index (χ0v) is 21.4. The minimum absolute atomic E-state index is 0.125. The number of hydrogen-bond acceptors (Lipinski definition) is 6. The van der Waals surface area contributed by atoms with E-state index in [2.05, 4.69) is 50.1 Å². The molecule has 9 heteroatoms. The van der Waals surface area contributed by atoms with Crippen molar-refractivity contribution in [3.05, 3.63) is 28.2 Å². The molecule has 182 valence electrons. The maximum atomic E-state index is 13.0. The number of nitrogens with zero attached hydrogens (tertiary/aromatic N) is 7. The van der Waals surface area contributed by atoms with Gasteiger partial charge in [0.2, 0.25) is 0 Å². The molecule has 2 aromatic heterocycles. The quantitative estimate of drug-likeness (QED) is 0.669. The number of aromatic nitrogens is 4. The van der Waals surface area contributed by atoms with E-state index in [1.54, 1.807) is 0 Å². The third-order valence-electron chi connectivity index (χ3n) is 8.52. The zero-order chi connectivity index (χ0) is 23.3. The van der Waals surface area contributed by atoms with Crippen LogP contribution in [0.2, 0.25) is 0 Å². The summed E-state index contributed by atoms with van der Waals surface area (Å²) in [7, 11) is 0. The first-order chi connectivity index (χ1) is 16.2. The van der Waals surface area contributed by atoms with Gasteiger partial charge in [0.1, 0.15) is 6.33 Å². The van der Waals surface area contributed by atoms with E-state index in [1.165, 1.54) is 22.7 Å². The summed E-state index contributed by atoms with van der Waals surface area (Å²) in [5.41, 5.74) is 0.797. The van der Waals surface area contributed by atoms with Crippen LogP contribution in [0, 0.1) is 10.8 Å².